The van der Waals surface area contributed by atoms with Crippen LogP contribution in [0.25, 0.3) is 0 Å². The molecule has 0 bridgehead atoms. The first kappa shape index (κ1) is 17.9. The van der Waals surface area contributed by atoms with Gasteiger partial charge in [0.05, 0.1) is 6.54 Å². The summed E-state index contributed by atoms with van der Waals surface area (Å²) in [6.45, 7) is 1.17. The van der Waals surface area contributed by atoms with Gasteiger partial charge in [-0.25, -0.2) is 0 Å². The maximum absolute atomic E-state index is 13.3. The molecule has 0 aliphatic carbocycles. The predicted molar refractivity (Wildman–Crippen MR) is 109 cm³/mol. The predicted octanol–water partition coefficient (Wildman–Crippen LogP) is 4.06. The lowest BCUT2D eigenvalue weighted by Crippen LogP contribution is -2.30. The number of hydrogen-bond acceptors (Lipinski definition) is 3. The molecular weight excluding hydrogens is 350 g/mol. The van der Waals surface area contributed by atoms with Crippen LogP contribution in [0.5, 0.6) is 0 Å². The standard InChI is InChI=1S/C23H21N3O2/c27-22-9-5-15-25(22)21-12-10-19(11-13-21)23(28)26(20-7-2-1-3-8-20)17-18-6-4-14-24-16-18/h1-4,6-8,10-14,16H,5,9,15,17H2. The lowest BCUT2D eigenvalue weighted by atomic mass is 10.1. The molecule has 140 valence electrons. The highest BCUT2D eigenvalue weighted by molar-refractivity contribution is 6.06. The van der Waals surface area contributed by atoms with Gasteiger partial charge >= 0.3 is 0 Å². The lowest BCUT2D eigenvalue weighted by Gasteiger charge is -2.23. The van der Waals surface area contributed by atoms with Crippen LogP contribution in [-0.4, -0.2) is 23.3 Å². The van der Waals surface area contributed by atoms with Gasteiger partial charge in [0.1, 0.15) is 0 Å². The van der Waals surface area contributed by atoms with Gasteiger partial charge in [-0.2, -0.15) is 0 Å². The molecule has 5 heteroatoms. The molecule has 0 atom stereocenters. The van der Waals surface area contributed by atoms with Crippen molar-refractivity contribution < 1.29 is 9.59 Å². The summed E-state index contributed by atoms with van der Waals surface area (Å²) in [4.78, 5) is 32.9. The highest BCUT2D eigenvalue weighted by Crippen LogP contribution is 2.24. The Bertz CT molecular complexity index is 956. The van der Waals surface area contributed by atoms with E-state index in [1.807, 2.05) is 54.6 Å². The second-order valence-electron chi connectivity index (χ2n) is 6.78. The highest BCUT2D eigenvalue weighted by atomic mass is 16.2. The maximum Gasteiger partial charge on any atom is 0.258 e. The van der Waals surface area contributed by atoms with Crippen LogP contribution in [0.1, 0.15) is 28.8 Å². The molecule has 1 aliphatic heterocycles. The van der Waals surface area contributed by atoms with Gasteiger partial charge in [-0.15, -0.1) is 0 Å². The second kappa shape index (κ2) is 8.05. The van der Waals surface area contributed by atoms with Crippen LogP contribution < -0.4 is 9.80 Å². The van der Waals surface area contributed by atoms with E-state index in [-0.39, 0.29) is 11.8 Å². The Balaban J connectivity index is 1.60. The zero-order valence-corrected chi connectivity index (χ0v) is 15.5. The second-order valence-corrected chi connectivity index (χ2v) is 6.78. The minimum absolute atomic E-state index is 0.0886. The van der Waals surface area contributed by atoms with Crippen molar-refractivity contribution in [1.29, 1.82) is 0 Å². The van der Waals surface area contributed by atoms with E-state index in [0.29, 0.717) is 18.5 Å². The van der Waals surface area contributed by atoms with Crippen molar-refractivity contribution in [3.05, 3.63) is 90.3 Å². The highest BCUT2D eigenvalue weighted by Gasteiger charge is 2.23. The van der Waals surface area contributed by atoms with Gasteiger partial charge in [0.25, 0.3) is 5.91 Å². The zero-order chi connectivity index (χ0) is 19.3. The van der Waals surface area contributed by atoms with Gasteiger partial charge in [-0.1, -0.05) is 24.3 Å². The molecule has 0 N–H and O–H groups in total. The van der Waals surface area contributed by atoms with Crippen molar-refractivity contribution in [3.63, 3.8) is 0 Å². The van der Waals surface area contributed by atoms with Crippen LogP contribution in [-0.2, 0) is 11.3 Å². The summed E-state index contributed by atoms with van der Waals surface area (Å²) in [7, 11) is 0. The summed E-state index contributed by atoms with van der Waals surface area (Å²) < 4.78 is 0. The van der Waals surface area contributed by atoms with Crippen molar-refractivity contribution in [3.8, 4) is 0 Å². The molecule has 2 aromatic carbocycles. The van der Waals surface area contributed by atoms with Crippen molar-refractivity contribution >= 4 is 23.2 Å². The van der Waals surface area contributed by atoms with Gasteiger partial charge in [0.15, 0.2) is 0 Å². The number of carbonyl (C=O) groups excluding carboxylic acids is 2. The molecule has 2 heterocycles. The van der Waals surface area contributed by atoms with E-state index in [4.69, 9.17) is 0 Å². The number of aromatic nitrogens is 1. The zero-order valence-electron chi connectivity index (χ0n) is 15.5. The largest absolute Gasteiger partial charge is 0.312 e. The SMILES string of the molecule is O=C1CCCN1c1ccc(C(=O)N(Cc2cccnc2)c2ccccc2)cc1. The summed E-state index contributed by atoms with van der Waals surface area (Å²) in [5, 5.41) is 0. The topological polar surface area (TPSA) is 53.5 Å². The first-order chi connectivity index (χ1) is 13.7. The number of carbonyl (C=O) groups is 2. The molecule has 1 aliphatic rings. The summed E-state index contributed by atoms with van der Waals surface area (Å²) >= 11 is 0. The van der Waals surface area contributed by atoms with Gasteiger partial charge in [-0.3, -0.25) is 14.6 Å². The van der Waals surface area contributed by atoms with E-state index >= 15 is 0 Å². The van der Waals surface area contributed by atoms with Crippen molar-refractivity contribution in [1.82, 2.24) is 4.98 Å². The van der Waals surface area contributed by atoms with E-state index in [2.05, 4.69) is 4.98 Å². The molecule has 0 spiro atoms. The third-order valence-electron chi connectivity index (χ3n) is 4.88. The Labute approximate surface area is 164 Å². The molecule has 1 saturated heterocycles. The number of para-hydroxylation sites is 1. The van der Waals surface area contributed by atoms with Crippen molar-refractivity contribution in [2.75, 3.05) is 16.3 Å². The fourth-order valence-corrected chi connectivity index (χ4v) is 3.42. The summed E-state index contributed by atoms with van der Waals surface area (Å²) in [5.74, 6) is 0.0518. The number of amides is 2. The fraction of sp³-hybridized carbons (Fsp3) is 0.174. The molecule has 0 saturated carbocycles. The smallest absolute Gasteiger partial charge is 0.258 e. The minimum Gasteiger partial charge on any atom is -0.312 e. The molecule has 1 fully saturated rings. The number of benzene rings is 2. The average molecular weight is 371 g/mol. The van der Waals surface area contributed by atoms with Crippen LogP contribution in [0.4, 0.5) is 11.4 Å². The molecule has 28 heavy (non-hydrogen) atoms. The van der Waals surface area contributed by atoms with Gasteiger partial charge in [-0.05, 0) is 54.4 Å². The number of anilines is 2. The Kier molecular flexibility index (Phi) is 5.15. The van der Waals surface area contributed by atoms with E-state index in [9.17, 15) is 9.59 Å². The summed E-state index contributed by atoms with van der Waals surface area (Å²) in [5.41, 5.74) is 3.22. The van der Waals surface area contributed by atoms with Crippen LogP contribution in [0, 0.1) is 0 Å². The van der Waals surface area contributed by atoms with Gasteiger partial charge in [0.2, 0.25) is 5.91 Å². The van der Waals surface area contributed by atoms with Gasteiger partial charge in [0, 0.05) is 42.3 Å². The van der Waals surface area contributed by atoms with Crippen LogP contribution >= 0.6 is 0 Å². The fourth-order valence-electron chi connectivity index (χ4n) is 3.42. The molecule has 4 rings (SSSR count). The Morgan fingerprint density at radius 1 is 1.00 bits per heavy atom. The quantitative estimate of drug-likeness (QED) is 0.680. The average Bonchev–Trinajstić information content (AvgIpc) is 3.19. The van der Waals surface area contributed by atoms with Crippen LogP contribution in [0.3, 0.4) is 0 Å². The maximum atomic E-state index is 13.3. The Hall–Kier alpha value is -3.47. The Morgan fingerprint density at radius 2 is 1.79 bits per heavy atom. The molecule has 3 aromatic rings. The molecule has 0 unspecified atom stereocenters. The minimum atomic E-state index is -0.0886. The molecule has 2 amide bonds. The molecule has 5 nitrogen and oxygen atoms in total. The number of hydrogen-bond donors (Lipinski definition) is 0. The molecule has 1 aromatic heterocycles. The van der Waals surface area contributed by atoms with Crippen molar-refractivity contribution in [2.24, 2.45) is 0 Å². The molecule has 0 radical (unpaired) electrons. The number of rotatable bonds is 5. The third kappa shape index (κ3) is 3.78. The lowest BCUT2D eigenvalue weighted by molar-refractivity contribution is -0.117. The third-order valence-corrected chi connectivity index (χ3v) is 4.88. The Morgan fingerprint density at radius 3 is 2.43 bits per heavy atom. The van der Waals surface area contributed by atoms with Crippen molar-refractivity contribution in [2.45, 2.75) is 19.4 Å². The summed E-state index contributed by atoms with van der Waals surface area (Å²) in [6, 6.07) is 20.7. The first-order valence-corrected chi connectivity index (χ1v) is 9.38. The number of pyridine rings is 1. The van der Waals surface area contributed by atoms with Crippen LogP contribution in [0.15, 0.2) is 79.1 Å². The monoisotopic (exact) mass is 371 g/mol. The van der Waals surface area contributed by atoms with Crippen LogP contribution in [0.2, 0.25) is 0 Å². The van der Waals surface area contributed by atoms with E-state index in [1.165, 1.54) is 0 Å². The normalized spacial score (nSPS) is 13.6. The van der Waals surface area contributed by atoms with Gasteiger partial charge < -0.3 is 9.80 Å². The van der Waals surface area contributed by atoms with E-state index in [0.717, 1.165) is 29.9 Å². The number of nitrogens with zero attached hydrogens (tertiary/aromatic N) is 3. The van der Waals surface area contributed by atoms with E-state index in [1.54, 1.807) is 34.3 Å². The first-order valence-electron chi connectivity index (χ1n) is 9.38. The van der Waals surface area contributed by atoms with E-state index < -0.39 is 0 Å². The summed E-state index contributed by atoms with van der Waals surface area (Å²) in [6.07, 6.45) is 4.96. The molecular formula is C23H21N3O2.